The maximum absolute atomic E-state index is 12.9. The van der Waals surface area contributed by atoms with Crippen LogP contribution >= 0.6 is 23.8 Å². The number of aromatic nitrogens is 1. The largest absolute Gasteiger partial charge is 0.429 e. The SMILES string of the molecule is O=S(=O)(Nc1ccccc1Cl)c1ccc2c(c1)oc(=S)n2CN1CCN(CC=Cc2ccccc2)CC1. The van der Waals surface area contributed by atoms with Crippen molar-refractivity contribution in [1.29, 1.82) is 0 Å². The lowest BCUT2D eigenvalue weighted by Crippen LogP contribution is -2.46. The molecule has 0 unspecified atom stereocenters. The molecule has 0 aliphatic carbocycles. The highest BCUT2D eigenvalue weighted by Crippen LogP contribution is 2.27. The molecule has 1 N–H and O–H groups in total. The second-order valence-electron chi connectivity index (χ2n) is 8.88. The van der Waals surface area contributed by atoms with E-state index in [2.05, 4.69) is 38.8 Å². The third-order valence-electron chi connectivity index (χ3n) is 6.35. The normalized spacial score (nSPS) is 15.5. The van der Waals surface area contributed by atoms with Gasteiger partial charge in [0.25, 0.3) is 14.9 Å². The summed E-state index contributed by atoms with van der Waals surface area (Å²) in [7, 11) is -3.85. The summed E-state index contributed by atoms with van der Waals surface area (Å²) >= 11 is 11.6. The molecule has 0 bridgehead atoms. The van der Waals surface area contributed by atoms with Crippen molar-refractivity contribution in [1.82, 2.24) is 14.4 Å². The first kappa shape index (κ1) is 25.7. The summed E-state index contributed by atoms with van der Waals surface area (Å²) in [4.78, 5) is 5.14. The Balaban J connectivity index is 1.23. The van der Waals surface area contributed by atoms with Crippen molar-refractivity contribution in [3.8, 4) is 0 Å². The van der Waals surface area contributed by atoms with Crippen molar-refractivity contribution in [2.24, 2.45) is 0 Å². The molecule has 0 amide bonds. The van der Waals surface area contributed by atoms with E-state index in [0.29, 0.717) is 27.8 Å². The predicted octanol–water partition coefficient (Wildman–Crippen LogP) is 5.71. The summed E-state index contributed by atoms with van der Waals surface area (Å²) in [5, 5.41) is 0.322. The molecule has 1 saturated heterocycles. The third-order valence-corrected chi connectivity index (χ3v) is 8.34. The van der Waals surface area contributed by atoms with Crippen molar-refractivity contribution < 1.29 is 12.8 Å². The van der Waals surface area contributed by atoms with Crippen LogP contribution in [-0.4, -0.2) is 55.5 Å². The van der Waals surface area contributed by atoms with Gasteiger partial charge in [-0.2, -0.15) is 0 Å². The number of hydrogen-bond donors (Lipinski definition) is 1. The third kappa shape index (κ3) is 6.14. The van der Waals surface area contributed by atoms with Crippen molar-refractivity contribution in [2.75, 3.05) is 37.4 Å². The van der Waals surface area contributed by atoms with Crippen LogP contribution in [0.15, 0.2) is 88.2 Å². The molecule has 37 heavy (non-hydrogen) atoms. The van der Waals surface area contributed by atoms with Crippen LogP contribution in [0.2, 0.25) is 5.02 Å². The zero-order valence-electron chi connectivity index (χ0n) is 20.1. The number of para-hydroxylation sites is 1. The number of halogens is 1. The Hall–Kier alpha value is -2.95. The standard InChI is InChI=1S/C27H27ClN4O3S2/c28-23-10-4-5-11-24(23)29-37(33,34)22-12-13-25-26(19-22)35-27(36)32(25)20-31-17-15-30(16-18-31)14-6-9-21-7-2-1-3-8-21/h1-13,19,29H,14-18,20H2. The molecule has 3 aromatic carbocycles. The first-order valence-corrected chi connectivity index (χ1v) is 14.2. The zero-order valence-corrected chi connectivity index (χ0v) is 22.5. The quantitative estimate of drug-likeness (QED) is 0.281. The first-order chi connectivity index (χ1) is 17.9. The van der Waals surface area contributed by atoms with Gasteiger partial charge in [0.1, 0.15) is 0 Å². The highest BCUT2D eigenvalue weighted by Gasteiger charge is 2.21. The van der Waals surface area contributed by atoms with E-state index in [1.807, 2.05) is 22.8 Å². The molecular weight excluding hydrogens is 528 g/mol. The van der Waals surface area contributed by atoms with Crippen molar-refractivity contribution >= 4 is 56.7 Å². The molecule has 192 valence electrons. The number of hydrogen-bond acceptors (Lipinski definition) is 6. The summed E-state index contributed by atoms with van der Waals surface area (Å²) < 4.78 is 36.1. The van der Waals surface area contributed by atoms with Crippen LogP contribution in [0.25, 0.3) is 17.2 Å². The Bertz CT molecular complexity index is 1570. The molecule has 0 spiro atoms. The Labute approximate surface area is 226 Å². The van der Waals surface area contributed by atoms with Crippen LogP contribution in [-0.2, 0) is 16.7 Å². The highest BCUT2D eigenvalue weighted by molar-refractivity contribution is 7.92. The molecular formula is C27H27ClN4O3S2. The van der Waals surface area contributed by atoms with Gasteiger partial charge in [0, 0.05) is 38.8 Å². The molecule has 7 nitrogen and oxygen atoms in total. The van der Waals surface area contributed by atoms with Gasteiger partial charge in [-0.15, -0.1) is 0 Å². The molecule has 10 heteroatoms. The number of rotatable bonds is 8. The molecule has 0 radical (unpaired) electrons. The minimum atomic E-state index is -3.85. The number of nitrogens with zero attached hydrogens (tertiary/aromatic N) is 3. The molecule has 0 atom stereocenters. The van der Waals surface area contributed by atoms with Crippen LogP contribution in [0, 0.1) is 4.84 Å². The lowest BCUT2D eigenvalue weighted by Gasteiger charge is -2.34. The average molecular weight is 555 g/mol. The number of benzene rings is 3. The molecule has 1 aliphatic heterocycles. The number of nitrogens with one attached hydrogen (secondary N) is 1. The maximum Gasteiger partial charge on any atom is 0.270 e. The minimum Gasteiger partial charge on any atom is -0.429 e. The highest BCUT2D eigenvalue weighted by atomic mass is 35.5. The van der Waals surface area contributed by atoms with Gasteiger partial charge in [0.15, 0.2) is 5.58 Å². The predicted molar refractivity (Wildman–Crippen MR) is 151 cm³/mol. The van der Waals surface area contributed by atoms with Gasteiger partial charge in [-0.1, -0.05) is 66.2 Å². The van der Waals surface area contributed by atoms with Gasteiger partial charge < -0.3 is 4.42 Å². The van der Waals surface area contributed by atoms with E-state index >= 15 is 0 Å². The zero-order chi connectivity index (χ0) is 25.8. The average Bonchev–Trinajstić information content (AvgIpc) is 3.21. The molecule has 1 aromatic heterocycles. The van der Waals surface area contributed by atoms with E-state index in [-0.39, 0.29) is 4.90 Å². The van der Waals surface area contributed by atoms with Crippen molar-refractivity contribution in [2.45, 2.75) is 11.6 Å². The van der Waals surface area contributed by atoms with E-state index < -0.39 is 10.0 Å². The Morgan fingerprint density at radius 2 is 1.65 bits per heavy atom. The fourth-order valence-corrected chi connectivity index (χ4v) is 5.89. The van der Waals surface area contributed by atoms with Gasteiger partial charge in [-0.25, -0.2) is 8.42 Å². The van der Waals surface area contributed by atoms with Crippen molar-refractivity contribution in [3.63, 3.8) is 0 Å². The molecule has 1 aliphatic rings. The Kier molecular flexibility index (Phi) is 7.78. The second kappa shape index (κ2) is 11.2. The summed E-state index contributed by atoms with van der Waals surface area (Å²) in [5.74, 6) is 0. The summed E-state index contributed by atoms with van der Waals surface area (Å²) in [6.07, 6.45) is 4.36. The van der Waals surface area contributed by atoms with Gasteiger partial charge in [-0.05, 0) is 42.0 Å². The molecule has 5 rings (SSSR count). The summed E-state index contributed by atoms with van der Waals surface area (Å²) in [6, 6.07) is 21.8. The van der Waals surface area contributed by atoms with E-state index in [9.17, 15) is 8.42 Å². The topological polar surface area (TPSA) is 70.7 Å². The van der Waals surface area contributed by atoms with E-state index in [4.69, 9.17) is 28.2 Å². The van der Waals surface area contributed by atoms with E-state index in [0.717, 1.165) is 38.2 Å². The van der Waals surface area contributed by atoms with Crippen LogP contribution in [0.1, 0.15) is 5.56 Å². The van der Waals surface area contributed by atoms with E-state index in [1.165, 1.54) is 11.6 Å². The molecule has 1 fully saturated rings. The van der Waals surface area contributed by atoms with Crippen molar-refractivity contribution in [3.05, 3.63) is 94.3 Å². The minimum absolute atomic E-state index is 0.0768. The monoisotopic (exact) mass is 554 g/mol. The summed E-state index contributed by atoms with van der Waals surface area (Å²) in [5.41, 5.74) is 2.71. The lowest BCUT2D eigenvalue weighted by molar-refractivity contribution is 0.115. The van der Waals surface area contributed by atoms with Gasteiger partial charge >= 0.3 is 0 Å². The van der Waals surface area contributed by atoms with Crippen LogP contribution in [0.4, 0.5) is 5.69 Å². The maximum atomic E-state index is 12.9. The Morgan fingerprint density at radius 3 is 2.41 bits per heavy atom. The van der Waals surface area contributed by atoms with Crippen LogP contribution in [0.3, 0.4) is 0 Å². The first-order valence-electron chi connectivity index (χ1n) is 12.0. The summed E-state index contributed by atoms with van der Waals surface area (Å²) in [6.45, 7) is 5.22. The second-order valence-corrected chi connectivity index (χ2v) is 11.3. The Morgan fingerprint density at radius 1 is 0.946 bits per heavy atom. The number of oxazole rings is 1. The number of anilines is 1. The van der Waals surface area contributed by atoms with Gasteiger partial charge in [0.05, 0.1) is 27.8 Å². The smallest absolute Gasteiger partial charge is 0.270 e. The molecule has 4 aromatic rings. The van der Waals surface area contributed by atoms with E-state index in [1.54, 1.807) is 36.4 Å². The number of fused-ring (bicyclic) bond motifs is 1. The lowest BCUT2D eigenvalue weighted by atomic mass is 10.2. The fraction of sp³-hybridized carbons (Fsp3) is 0.222. The molecule has 2 heterocycles. The number of piperazine rings is 1. The van der Waals surface area contributed by atoms with Gasteiger partial charge in [0.2, 0.25) is 0 Å². The molecule has 0 saturated carbocycles. The van der Waals surface area contributed by atoms with Crippen LogP contribution in [0.5, 0.6) is 0 Å². The van der Waals surface area contributed by atoms with Crippen LogP contribution < -0.4 is 4.72 Å². The number of sulfonamides is 1. The van der Waals surface area contributed by atoms with Gasteiger partial charge in [-0.3, -0.25) is 19.1 Å². The fourth-order valence-electron chi connectivity index (χ4n) is 4.31.